The third-order valence-corrected chi connectivity index (χ3v) is 2.19. The predicted octanol–water partition coefficient (Wildman–Crippen LogP) is 2.43. The summed E-state index contributed by atoms with van der Waals surface area (Å²) in [6, 6.07) is 16.3. The van der Waals surface area contributed by atoms with Crippen LogP contribution in [0.25, 0.3) is 0 Å². The van der Waals surface area contributed by atoms with Crippen molar-refractivity contribution in [2.24, 2.45) is 10.7 Å². The Labute approximate surface area is 93.9 Å². The quantitative estimate of drug-likeness (QED) is 0.593. The molecule has 3 N–H and O–H groups in total. The highest BCUT2D eigenvalue weighted by Crippen LogP contribution is 2.25. The first-order chi connectivity index (χ1) is 7.77. The van der Waals surface area contributed by atoms with E-state index in [1.807, 2.05) is 30.3 Å². The summed E-state index contributed by atoms with van der Waals surface area (Å²) in [5.74, 6) is 0.517. The average molecular weight is 212 g/mol. The molecule has 80 valence electrons. The van der Waals surface area contributed by atoms with Gasteiger partial charge in [-0.25, -0.2) is 4.99 Å². The SMILES string of the molecule is NC(=Nc1ccccc1O)c1ccccc1. The fourth-order valence-electron chi connectivity index (χ4n) is 1.36. The fourth-order valence-corrected chi connectivity index (χ4v) is 1.36. The lowest BCUT2D eigenvalue weighted by molar-refractivity contribution is 0.477. The van der Waals surface area contributed by atoms with Gasteiger partial charge in [-0.05, 0) is 12.1 Å². The molecule has 0 radical (unpaired) electrons. The second kappa shape index (κ2) is 4.49. The van der Waals surface area contributed by atoms with Crippen LogP contribution in [0.4, 0.5) is 5.69 Å². The van der Waals surface area contributed by atoms with Crippen LogP contribution in [0.1, 0.15) is 5.56 Å². The second-order valence-corrected chi connectivity index (χ2v) is 3.35. The third kappa shape index (κ3) is 2.20. The molecule has 0 saturated heterocycles. The summed E-state index contributed by atoms with van der Waals surface area (Å²) in [6.45, 7) is 0. The molecule has 0 bridgehead atoms. The van der Waals surface area contributed by atoms with E-state index in [4.69, 9.17) is 5.73 Å². The first-order valence-electron chi connectivity index (χ1n) is 4.95. The van der Waals surface area contributed by atoms with Gasteiger partial charge in [0.15, 0.2) is 0 Å². The van der Waals surface area contributed by atoms with E-state index < -0.39 is 0 Å². The van der Waals surface area contributed by atoms with E-state index in [0.29, 0.717) is 11.5 Å². The molecule has 16 heavy (non-hydrogen) atoms. The van der Waals surface area contributed by atoms with E-state index in [1.54, 1.807) is 24.3 Å². The number of para-hydroxylation sites is 2. The minimum absolute atomic E-state index is 0.126. The molecule has 2 aromatic carbocycles. The van der Waals surface area contributed by atoms with Crippen LogP contribution in [0.5, 0.6) is 5.75 Å². The van der Waals surface area contributed by atoms with Crippen molar-refractivity contribution in [2.75, 3.05) is 0 Å². The van der Waals surface area contributed by atoms with E-state index in [0.717, 1.165) is 5.56 Å². The Kier molecular flexibility index (Phi) is 2.87. The van der Waals surface area contributed by atoms with Crippen molar-refractivity contribution in [2.45, 2.75) is 0 Å². The first kappa shape index (κ1) is 10.2. The lowest BCUT2D eigenvalue weighted by Crippen LogP contribution is -2.12. The molecule has 3 nitrogen and oxygen atoms in total. The van der Waals surface area contributed by atoms with Crippen molar-refractivity contribution in [3.63, 3.8) is 0 Å². The highest BCUT2D eigenvalue weighted by molar-refractivity contribution is 5.99. The zero-order valence-corrected chi connectivity index (χ0v) is 8.67. The van der Waals surface area contributed by atoms with E-state index in [2.05, 4.69) is 4.99 Å². The molecular formula is C13H12N2O. The van der Waals surface area contributed by atoms with E-state index in [9.17, 15) is 5.11 Å². The maximum absolute atomic E-state index is 9.54. The summed E-state index contributed by atoms with van der Waals surface area (Å²) in [7, 11) is 0. The Morgan fingerprint density at radius 3 is 2.25 bits per heavy atom. The van der Waals surface area contributed by atoms with Crippen LogP contribution in [0, 0.1) is 0 Å². The Morgan fingerprint density at radius 2 is 1.56 bits per heavy atom. The van der Waals surface area contributed by atoms with E-state index in [-0.39, 0.29) is 5.75 Å². The minimum Gasteiger partial charge on any atom is -0.506 e. The molecule has 0 atom stereocenters. The molecule has 0 fully saturated rings. The predicted molar refractivity (Wildman–Crippen MR) is 64.9 cm³/mol. The van der Waals surface area contributed by atoms with Crippen molar-refractivity contribution in [3.05, 3.63) is 60.2 Å². The normalized spacial score (nSPS) is 11.4. The lowest BCUT2D eigenvalue weighted by Gasteiger charge is -2.02. The Hall–Kier alpha value is -2.29. The maximum atomic E-state index is 9.54. The summed E-state index contributed by atoms with van der Waals surface area (Å²) in [4.78, 5) is 4.17. The monoisotopic (exact) mass is 212 g/mol. The maximum Gasteiger partial charge on any atom is 0.141 e. The van der Waals surface area contributed by atoms with Crippen LogP contribution in [-0.2, 0) is 0 Å². The van der Waals surface area contributed by atoms with Gasteiger partial charge in [-0.1, -0.05) is 42.5 Å². The van der Waals surface area contributed by atoms with Gasteiger partial charge in [0.2, 0.25) is 0 Å². The average Bonchev–Trinajstić information content (AvgIpc) is 2.33. The number of phenolic OH excluding ortho intramolecular Hbond substituents is 1. The van der Waals surface area contributed by atoms with Crippen molar-refractivity contribution in [3.8, 4) is 5.75 Å². The summed E-state index contributed by atoms with van der Waals surface area (Å²) >= 11 is 0. The van der Waals surface area contributed by atoms with Crippen LogP contribution in [-0.4, -0.2) is 10.9 Å². The molecule has 0 aliphatic heterocycles. The van der Waals surface area contributed by atoms with Crippen molar-refractivity contribution >= 4 is 11.5 Å². The molecule has 0 saturated carbocycles. The number of nitrogens with two attached hydrogens (primary N) is 1. The molecule has 2 aromatic rings. The number of nitrogens with zero attached hydrogens (tertiary/aromatic N) is 1. The molecule has 0 heterocycles. The number of benzene rings is 2. The molecule has 0 spiro atoms. The van der Waals surface area contributed by atoms with Gasteiger partial charge in [-0.3, -0.25) is 0 Å². The Balaban J connectivity index is 2.36. The topological polar surface area (TPSA) is 58.6 Å². The van der Waals surface area contributed by atoms with Crippen LogP contribution in [0.3, 0.4) is 0 Å². The number of phenols is 1. The molecule has 0 aliphatic rings. The highest BCUT2D eigenvalue weighted by Gasteiger charge is 2.00. The van der Waals surface area contributed by atoms with Gasteiger partial charge in [0, 0.05) is 5.56 Å². The third-order valence-electron chi connectivity index (χ3n) is 2.19. The van der Waals surface area contributed by atoms with Crippen LogP contribution in [0.2, 0.25) is 0 Å². The lowest BCUT2D eigenvalue weighted by atomic mass is 10.2. The van der Waals surface area contributed by atoms with Gasteiger partial charge in [-0.2, -0.15) is 0 Å². The summed E-state index contributed by atoms with van der Waals surface area (Å²) in [5.41, 5.74) is 7.15. The Bertz CT molecular complexity index is 506. The van der Waals surface area contributed by atoms with E-state index in [1.165, 1.54) is 0 Å². The van der Waals surface area contributed by atoms with Gasteiger partial charge in [0.25, 0.3) is 0 Å². The van der Waals surface area contributed by atoms with Gasteiger partial charge < -0.3 is 10.8 Å². The van der Waals surface area contributed by atoms with Crippen molar-refractivity contribution in [1.29, 1.82) is 0 Å². The van der Waals surface area contributed by atoms with Crippen molar-refractivity contribution in [1.82, 2.24) is 0 Å². The summed E-state index contributed by atoms with van der Waals surface area (Å²) in [5, 5.41) is 9.54. The number of aliphatic imine (C=N–C) groups is 1. The van der Waals surface area contributed by atoms with Crippen LogP contribution < -0.4 is 5.73 Å². The van der Waals surface area contributed by atoms with Crippen molar-refractivity contribution < 1.29 is 5.11 Å². The smallest absolute Gasteiger partial charge is 0.141 e. The molecular weight excluding hydrogens is 200 g/mol. The number of aromatic hydroxyl groups is 1. The standard InChI is InChI=1S/C13H12N2O/c14-13(10-6-2-1-3-7-10)15-11-8-4-5-9-12(11)16/h1-9,16H,(H2,14,15). The van der Waals surface area contributed by atoms with Gasteiger partial charge >= 0.3 is 0 Å². The second-order valence-electron chi connectivity index (χ2n) is 3.35. The number of rotatable bonds is 2. The van der Waals surface area contributed by atoms with E-state index >= 15 is 0 Å². The molecule has 0 aromatic heterocycles. The molecule has 0 amide bonds. The summed E-state index contributed by atoms with van der Waals surface area (Å²) in [6.07, 6.45) is 0. The molecule has 2 rings (SSSR count). The zero-order valence-electron chi connectivity index (χ0n) is 8.67. The molecule has 3 heteroatoms. The fraction of sp³-hybridized carbons (Fsp3) is 0. The largest absolute Gasteiger partial charge is 0.506 e. The summed E-state index contributed by atoms with van der Waals surface area (Å²) < 4.78 is 0. The van der Waals surface area contributed by atoms with Crippen LogP contribution >= 0.6 is 0 Å². The molecule has 0 aliphatic carbocycles. The van der Waals surface area contributed by atoms with Crippen LogP contribution in [0.15, 0.2) is 59.6 Å². The number of amidine groups is 1. The Morgan fingerprint density at radius 1 is 0.938 bits per heavy atom. The first-order valence-corrected chi connectivity index (χ1v) is 4.95. The zero-order chi connectivity index (χ0) is 11.4. The minimum atomic E-state index is 0.126. The molecule has 0 unspecified atom stereocenters. The number of hydrogen-bond donors (Lipinski definition) is 2. The number of hydrogen-bond acceptors (Lipinski definition) is 2. The highest BCUT2D eigenvalue weighted by atomic mass is 16.3. The van der Waals surface area contributed by atoms with Gasteiger partial charge in [-0.15, -0.1) is 0 Å². The van der Waals surface area contributed by atoms with Gasteiger partial charge in [0.05, 0.1) is 0 Å². The van der Waals surface area contributed by atoms with Gasteiger partial charge in [0.1, 0.15) is 17.3 Å².